The van der Waals surface area contributed by atoms with Crippen LogP contribution in [-0.2, 0) is 0 Å². The first kappa shape index (κ1) is 33.5. The van der Waals surface area contributed by atoms with Crippen molar-refractivity contribution in [1.82, 2.24) is 4.57 Å². The van der Waals surface area contributed by atoms with Crippen LogP contribution in [0.1, 0.15) is 23.6 Å². The Morgan fingerprint density at radius 1 is 0.448 bits per heavy atom. The molecule has 0 fully saturated rings. The summed E-state index contributed by atoms with van der Waals surface area (Å²) < 4.78 is 9.05. The van der Waals surface area contributed by atoms with Crippen LogP contribution in [-0.4, -0.2) is 16.1 Å². The van der Waals surface area contributed by atoms with Crippen molar-refractivity contribution in [2.75, 3.05) is 0 Å². The van der Waals surface area contributed by atoms with Crippen LogP contribution in [0.25, 0.3) is 77.4 Å². The Balaban J connectivity index is 1.04. The molecule has 58 heavy (non-hydrogen) atoms. The van der Waals surface area contributed by atoms with Crippen LogP contribution in [0.4, 0.5) is 0 Å². The van der Waals surface area contributed by atoms with Gasteiger partial charge in [-0.3, -0.25) is 0 Å². The number of hydrogen-bond acceptors (Lipinski definition) is 3. The third-order valence-corrected chi connectivity index (χ3v) is 11.2. The molecule has 272 valence electrons. The topological polar surface area (TPSA) is 42.8 Å². The second-order valence-corrected chi connectivity index (χ2v) is 14.7. The highest BCUT2D eigenvalue weighted by Crippen LogP contribution is 2.40. The van der Waals surface area contributed by atoms with Crippen LogP contribution in [0.3, 0.4) is 0 Å². The Hall–Kier alpha value is -7.78. The average molecular weight is 742 g/mol. The molecule has 1 aliphatic heterocycles. The summed E-state index contributed by atoms with van der Waals surface area (Å²) in [4.78, 5) is 10.3. The maximum atomic E-state index is 6.66. The Morgan fingerprint density at radius 2 is 1.07 bits per heavy atom. The monoisotopic (exact) mass is 741 g/mol. The number of nitrogens with zero attached hydrogens (tertiary/aromatic N) is 3. The minimum Gasteiger partial charge on any atom is -0.456 e. The molecule has 0 bridgehead atoms. The van der Waals surface area contributed by atoms with Crippen molar-refractivity contribution in [3.05, 3.63) is 222 Å². The van der Waals surface area contributed by atoms with E-state index in [0.717, 1.165) is 77.9 Å². The van der Waals surface area contributed by atoms with E-state index in [2.05, 4.69) is 175 Å². The summed E-state index contributed by atoms with van der Waals surface area (Å²) in [6.45, 7) is 2.05. The lowest BCUT2D eigenvalue weighted by Gasteiger charge is -2.11. The summed E-state index contributed by atoms with van der Waals surface area (Å²) in [7, 11) is 0. The molecule has 0 saturated heterocycles. The highest BCUT2D eigenvalue weighted by molar-refractivity contribution is 6.22. The minimum atomic E-state index is 0.611. The Morgan fingerprint density at radius 3 is 1.84 bits per heavy atom. The molecule has 0 atom stereocenters. The standard InChI is InChI=1S/C54H35N3O/c1-35-32-47(38-16-7-3-8-17-38)55-54(56-53(35)39-18-9-4-10-19-39)41-27-31-46-51(34-41)58-50-23-13-21-43(52(46)50)40-26-30-45-44-20-11-12-22-48(44)57(49(45)33-40)42-28-24-37(25-29-42)36-14-5-2-6-15-36/h2-31,33-34H,1H3. The fraction of sp³-hybridized carbons (Fsp3) is 0.0185. The van der Waals surface area contributed by atoms with Crippen molar-refractivity contribution in [1.29, 1.82) is 0 Å². The van der Waals surface area contributed by atoms with Gasteiger partial charge in [0.25, 0.3) is 0 Å². The van der Waals surface area contributed by atoms with Gasteiger partial charge < -0.3 is 8.98 Å². The van der Waals surface area contributed by atoms with E-state index in [1.54, 1.807) is 0 Å². The number of allylic oxidation sites excluding steroid dienone is 1. The molecule has 0 radical (unpaired) electrons. The van der Waals surface area contributed by atoms with Crippen LogP contribution in [0.15, 0.2) is 220 Å². The van der Waals surface area contributed by atoms with E-state index in [4.69, 9.17) is 14.4 Å². The number of amidine groups is 1. The highest BCUT2D eigenvalue weighted by atomic mass is 16.3. The van der Waals surface area contributed by atoms with Crippen molar-refractivity contribution in [2.24, 2.45) is 9.98 Å². The van der Waals surface area contributed by atoms with Gasteiger partial charge in [0.15, 0.2) is 5.84 Å². The van der Waals surface area contributed by atoms with Crippen molar-refractivity contribution >= 4 is 61.0 Å². The molecule has 8 aromatic carbocycles. The van der Waals surface area contributed by atoms with E-state index in [1.807, 2.05) is 36.4 Å². The van der Waals surface area contributed by atoms with Gasteiger partial charge in [0.1, 0.15) is 16.9 Å². The van der Waals surface area contributed by atoms with E-state index < -0.39 is 0 Å². The summed E-state index contributed by atoms with van der Waals surface area (Å²) in [5, 5.41) is 4.57. The lowest BCUT2D eigenvalue weighted by molar-refractivity contribution is 0.669. The zero-order valence-electron chi connectivity index (χ0n) is 31.7. The molecule has 3 heterocycles. The third-order valence-electron chi connectivity index (χ3n) is 11.2. The quantitative estimate of drug-likeness (QED) is 0.157. The van der Waals surface area contributed by atoms with E-state index in [1.165, 1.54) is 27.4 Å². The smallest absolute Gasteiger partial charge is 0.161 e. The van der Waals surface area contributed by atoms with Crippen LogP contribution in [0.5, 0.6) is 0 Å². The van der Waals surface area contributed by atoms with Gasteiger partial charge in [-0.1, -0.05) is 157 Å². The molecular formula is C54H35N3O. The zero-order valence-corrected chi connectivity index (χ0v) is 31.7. The van der Waals surface area contributed by atoms with Crippen molar-refractivity contribution in [3.63, 3.8) is 0 Å². The summed E-state index contributed by atoms with van der Waals surface area (Å²) in [6.07, 6.45) is 0. The molecule has 1 aliphatic rings. The molecule has 0 unspecified atom stereocenters. The van der Waals surface area contributed by atoms with Crippen LogP contribution in [0, 0.1) is 0 Å². The summed E-state index contributed by atoms with van der Waals surface area (Å²) in [6, 6.07) is 68.0. The zero-order chi connectivity index (χ0) is 38.6. The molecule has 0 N–H and O–H groups in total. The van der Waals surface area contributed by atoms with Gasteiger partial charge >= 0.3 is 0 Å². The van der Waals surface area contributed by atoms with Gasteiger partial charge in [-0.05, 0) is 71.6 Å². The Kier molecular flexibility index (Phi) is 7.96. The number of aliphatic imine (C=N–C) groups is 2. The lowest BCUT2D eigenvalue weighted by Crippen LogP contribution is -2.07. The van der Waals surface area contributed by atoms with Crippen molar-refractivity contribution < 1.29 is 4.42 Å². The normalized spacial score (nSPS) is 13.1. The van der Waals surface area contributed by atoms with Gasteiger partial charge in [-0.2, -0.15) is 0 Å². The minimum absolute atomic E-state index is 0.611. The van der Waals surface area contributed by atoms with Gasteiger partial charge in [0.2, 0.25) is 0 Å². The Bertz CT molecular complexity index is 3340. The molecule has 0 amide bonds. The summed E-state index contributed by atoms with van der Waals surface area (Å²) in [5.41, 5.74) is 18.7. The van der Waals surface area contributed by atoms with Crippen molar-refractivity contribution in [2.45, 2.75) is 6.92 Å². The SMILES string of the molecule is CC1=C=C(c2ccccc2)N=C(c2ccc3c(c2)oc2cccc(-c4ccc5c6ccccc6n(-c6ccc(-c7ccccc7)cc6)c5c4)c23)N=C1c1ccccc1. The molecule has 10 aromatic rings. The molecular weight excluding hydrogens is 707 g/mol. The number of para-hydroxylation sites is 1. The number of rotatable bonds is 6. The molecule has 2 aromatic heterocycles. The van der Waals surface area contributed by atoms with Crippen molar-refractivity contribution in [3.8, 4) is 27.9 Å². The summed E-state index contributed by atoms with van der Waals surface area (Å²) in [5.74, 6) is 0.611. The second-order valence-electron chi connectivity index (χ2n) is 14.7. The predicted octanol–water partition coefficient (Wildman–Crippen LogP) is 13.9. The maximum Gasteiger partial charge on any atom is 0.161 e. The first-order valence-electron chi connectivity index (χ1n) is 19.6. The first-order chi connectivity index (χ1) is 28.7. The van der Waals surface area contributed by atoms with Gasteiger partial charge in [0.05, 0.1) is 16.7 Å². The molecule has 4 nitrogen and oxygen atoms in total. The van der Waals surface area contributed by atoms with E-state index in [0.29, 0.717) is 5.84 Å². The first-order valence-corrected chi connectivity index (χ1v) is 19.6. The van der Waals surface area contributed by atoms with Gasteiger partial charge in [-0.25, -0.2) is 9.98 Å². The lowest BCUT2D eigenvalue weighted by atomic mass is 9.98. The number of fused-ring (bicyclic) bond motifs is 6. The number of hydrogen-bond donors (Lipinski definition) is 0. The molecule has 0 aliphatic carbocycles. The predicted molar refractivity (Wildman–Crippen MR) is 241 cm³/mol. The highest BCUT2D eigenvalue weighted by Gasteiger charge is 2.19. The van der Waals surface area contributed by atoms with E-state index in [9.17, 15) is 0 Å². The largest absolute Gasteiger partial charge is 0.456 e. The maximum absolute atomic E-state index is 6.66. The fourth-order valence-electron chi connectivity index (χ4n) is 8.38. The van der Waals surface area contributed by atoms with Gasteiger partial charge in [0, 0.05) is 49.5 Å². The number of benzene rings is 8. The molecule has 0 spiro atoms. The number of furan rings is 1. The average Bonchev–Trinajstić information content (AvgIpc) is 3.77. The second kappa shape index (κ2) is 13.8. The van der Waals surface area contributed by atoms with Crippen LogP contribution in [0.2, 0.25) is 0 Å². The van der Waals surface area contributed by atoms with Gasteiger partial charge in [-0.15, -0.1) is 0 Å². The fourth-order valence-corrected chi connectivity index (χ4v) is 8.38. The van der Waals surface area contributed by atoms with Crippen LogP contribution < -0.4 is 0 Å². The summed E-state index contributed by atoms with van der Waals surface area (Å²) >= 11 is 0. The number of aromatic nitrogens is 1. The van der Waals surface area contributed by atoms with E-state index >= 15 is 0 Å². The molecule has 11 rings (SSSR count). The third kappa shape index (κ3) is 5.71. The molecule has 4 heteroatoms. The Labute approximate surface area is 335 Å². The van der Waals surface area contributed by atoms with E-state index in [-0.39, 0.29) is 0 Å². The van der Waals surface area contributed by atoms with Crippen LogP contribution >= 0.6 is 0 Å². The molecule has 0 saturated carbocycles.